The average molecular weight is 490 g/mol. The van der Waals surface area contributed by atoms with Gasteiger partial charge in [0.1, 0.15) is 11.5 Å². The quantitative estimate of drug-likeness (QED) is 0.458. The highest BCUT2D eigenvalue weighted by atomic mass is 19.3. The van der Waals surface area contributed by atoms with Crippen LogP contribution in [0.1, 0.15) is 34.5 Å². The van der Waals surface area contributed by atoms with Crippen LogP contribution in [0.15, 0.2) is 54.9 Å². The average Bonchev–Trinajstić information content (AvgIpc) is 3.30. The minimum absolute atomic E-state index is 0.0558. The number of aromatic nitrogens is 3. The summed E-state index contributed by atoms with van der Waals surface area (Å²) in [5.74, 6) is 0.331. The molecule has 2 aromatic carbocycles. The van der Waals surface area contributed by atoms with Crippen LogP contribution in [-0.4, -0.2) is 56.4 Å². The van der Waals surface area contributed by atoms with Crippen LogP contribution in [0.4, 0.5) is 20.3 Å². The van der Waals surface area contributed by atoms with Crippen molar-refractivity contribution in [2.75, 3.05) is 24.5 Å². The summed E-state index contributed by atoms with van der Waals surface area (Å²) in [5.41, 5.74) is 3.00. The van der Waals surface area contributed by atoms with Crippen LogP contribution < -0.4 is 4.90 Å². The molecule has 1 fully saturated rings. The summed E-state index contributed by atoms with van der Waals surface area (Å²) < 4.78 is 30.2. The van der Waals surface area contributed by atoms with E-state index in [9.17, 15) is 18.7 Å². The molecule has 0 spiro atoms. The molecule has 2 aromatic heterocycles. The highest BCUT2D eigenvalue weighted by molar-refractivity contribution is 6.01. The van der Waals surface area contributed by atoms with E-state index in [-0.39, 0.29) is 30.3 Å². The van der Waals surface area contributed by atoms with Gasteiger partial charge < -0.3 is 14.9 Å². The standard InChI is InChI=1S/C27H25F2N5O2/c1-32-13-18(12-30-32)21-9-17-6-4-8-34(24(17)11-22(21)25(28)29)26-20-7-3-2-5-16(20)10-23(31-26)27(36)33-14-19(35)15-33/h2-3,5,7,9-13,19,25,35H,4,6,8,14-15H2,1H3. The number of halogens is 2. The van der Waals surface area contributed by atoms with Crippen molar-refractivity contribution < 1.29 is 18.7 Å². The molecule has 4 heterocycles. The fraction of sp³-hybridized carbons (Fsp3) is 0.296. The van der Waals surface area contributed by atoms with Crippen LogP contribution in [0.5, 0.6) is 0 Å². The molecule has 0 unspecified atom stereocenters. The summed E-state index contributed by atoms with van der Waals surface area (Å²) in [7, 11) is 1.76. The van der Waals surface area contributed by atoms with Crippen molar-refractivity contribution in [2.45, 2.75) is 25.4 Å². The fourth-order valence-corrected chi connectivity index (χ4v) is 5.14. The number of aryl methyl sites for hydroxylation is 2. The van der Waals surface area contributed by atoms with Gasteiger partial charge in [0.15, 0.2) is 0 Å². The second-order valence-corrected chi connectivity index (χ2v) is 9.44. The summed E-state index contributed by atoms with van der Waals surface area (Å²) in [5, 5.41) is 15.5. The Kier molecular flexibility index (Phi) is 5.44. The zero-order chi connectivity index (χ0) is 25.0. The van der Waals surface area contributed by atoms with Crippen LogP contribution in [0, 0.1) is 0 Å². The van der Waals surface area contributed by atoms with Gasteiger partial charge in [0.2, 0.25) is 0 Å². The number of aliphatic hydroxyl groups is 1. The van der Waals surface area contributed by atoms with E-state index in [1.54, 1.807) is 41.2 Å². The first-order valence-electron chi connectivity index (χ1n) is 12.0. The molecule has 9 heteroatoms. The lowest BCUT2D eigenvalue weighted by Crippen LogP contribution is -2.53. The van der Waals surface area contributed by atoms with E-state index in [2.05, 4.69) is 5.10 Å². The number of carbonyl (C=O) groups excluding carboxylic acids is 1. The Morgan fingerprint density at radius 1 is 1.17 bits per heavy atom. The van der Waals surface area contributed by atoms with Gasteiger partial charge in [0, 0.05) is 55.1 Å². The highest BCUT2D eigenvalue weighted by Gasteiger charge is 2.32. The molecule has 7 nitrogen and oxygen atoms in total. The minimum Gasteiger partial charge on any atom is -0.389 e. The molecule has 0 atom stereocenters. The van der Waals surface area contributed by atoms with Crippen molar-refractivity contribution in [1.29, 1.82) is 0 Å². The van der Waals surface area contributed by atoms with Crippen molar-refractivity contribution >= 4 is 28.2 Å². The first-order valence-corrected chi connectivity index (χ1v) is 12.0. The number of hydrogen-bond donors (Lipinski definition) is 1. The first-order chi connectivity index (χ1) is 17.4. The number of rotatable bonds is 4. The van der Waals surface area contributed by atoms with Gasteiger partial charge in [-0.2, -0.15) is 5.10 Å². The minimum atomic E-state index is -2.66. The summed E-state index contributed by atoms with van der Waals surface area (Å²) in [4.78, 5) is 21.4. The zero-order valence-corrected chi connectivity index (χ0v) is 19.7. The zero-order valence-electron chi connectivity index (χ0n) is 19.7. The van der Waals surface area contributed by atoms with Crippen molar-refractivity contribution in [3.8, 4) is 11.1 Å². The van der Waals surface area contributed by atoms with Gasteiger partial charge in [-0.25, -0.2) is 13.8 Å². The van der Waals surface area contributed by atoms with E-state index in [1.165, 1.54) is 0 Å². The molecular weight excluding hydrogens is 464 g/mol. The van der Waals surface area contributed by atoms with Crippen LogP contribution in [-0.2, 0) is 13.5 Å². The number of benzene rings is 2. The number of alkyl halides is 2. The summed E-state index contributed by atoms with van der Waals surface area (Å²) in [6.07, 6.45) is 1.75. The molecule has 2 aliphatic heterocycles. The van der Waals surface area contributed by atoms with Gasteiger partial charge in [0.25, 0.3) is 12.3 Å². The number of β-amino-alcohol motifs (C(OH)–C–C–N with tert-alkyl or cyclic N) is 1. The monoisotopic (exact) mass is 489 g/mol. The molecule has 4 aromatic rings. The Balaban J connectivity index is 1.50. The lowest BCUT2D eigenvalue weighted by atomic mass is 9.93. The Labute approximate surface area is 206 Å². The number of pyridine rings is 1. The van der Waals surface area contributed by atoms with Gasteiger partial charge >= 0.3 is 0 Å². The molecule has 0 radical (unpaired) electrons. The van der Waals surface area contributed by atoms with Crippen LogP contribution in [0.2, 0.25) is 0 Å². The molecule has 0 aliphatic carbocycles. The number of carbonyl (C=O) groups is 1. The topological polar surface area (TPSA) is 74.5 Å². The SMILES string of the molecule is Cn1cc(-c2cc3c(cc2C(F)F)N(c2nc(C(=O)N4CC(O)C4)cc4ccccc24)CCC3)cn1. The smallest absolute Gasteiger partial charge is 0.272 e. The largest absolute Gasteiger partial charge is 0.389 e. The second kappa shape index (κ2) is 8.67. The fourth-order valence-electron chi connectivity index (χ4n) is 5.14. The van der Waals surface area contributed by atoms with E-state index in [1.807, 2.05) is 35.2 Å². The Morgan fingerprint density at radius 2 is 1.97 bits per heavy atom. The Morgan fingerprint density at radius 3 is 2.69 bits per heavy atom. The molecule has 6 rings (SSSR count). The van der Waals surface area contributed by atoms with E-state index in [0.29, 0.717) is 29.2 Å². The maximum Gasteiger partial charge on any atom is 0.272 e. The summed E-state index contributed by atoms with van der Waals surface area (Å²) >= 11 is 0. The Hall–Kier alpha value is -3.85. The van der Waals surface area contributed by atoms with E-state index in [4.69, 9.17) is 4.98 Å². The van der Waals surface area contributed by atoms with Crippen molar-refractivity contribution in [3.05, 3.63) is 71.7 Å². The van der Waals surface area contributed by atoms with E-state index >= 15 is 0 Å². The van der Waals surface area contributed by atoms with E-state index in [0.717, 1.165) is 29.2 Å². The Bertz CT molecular complexity index is 1480. The second-order valence-electron chi connectivity index (χ2n) is 9.44. The van der Waals surface area contributed by atoms with Crippen molar-refractivity contribution in [1.82, 2.24) is 19.7 Å². The van der Waals surface area contributed by atoms with Gasteiger partial charge in [-0.05, 0) is 47.6 Å². The molecule has 0 bridgehead atoms. The lowest BCUT2D eigenvalue weighted by molar-refractivity contribution is 0.00553. The molecule has 1 amide bonds. The van der Waals surface area contributed by atoms with Gasteiger partial charge in [-0.1, -0.05) is 24.3 Å². The number of likely N-dealkylation sites (tertiary alicyclic amines) is 1. The number of hydrogen-bond acceptors (Lipinski definition) is 5. The third kappa shape index (κ3) is 3.80. The number of anilines is 2. The molecule has 1 saturated heterocycles. The number of nitrogens with zero attached hydrogens (tertiary/aromatic N) is 5. The number of fused-ring (bicyclic) bond motifs is 2. The van der Waals surface area contributed by atoms with Gasteiger partial charge in [-0.3, -0.25) is 9.48 Å². The summed E-state index contributed by atoms with van der Waals surface area (Å²) in [6, 6.07) is 12.8. The number of amides is 1. The molecule has 36 heavy (non-hydrogen) atoms. The van der Waals surface area contributed by atoms with E-state index < -0.39 is 12.5 Å². The highest BCUT2D eigenvalue weighted by Crippen LogP contribution is 2.42. The van der Waals surface area contributed by atoms with Crippen LogP contribution >= 0.6 is 0 Å². The third-order valence-electron chi connectivity index (χ3n) is 6.96. The van der Waals surface area contributed by atoms with Gasteiger partial charge in [0.05, 0.1) is 12.3 Å². The third-order valence-corrected chi connectivity index (χ3v) is 6.96. The molecule has 184 valence electrons. The van der Waals surface area contributed by atoms with Gasteiger partial charge in [-0.15, -0.1) is 0 Å². The van der Waals surface area contributed by atoms with Crippen molar-refractivity contribution in [3.63, 3.8) is 0 Å². The molecule has 2 aliphatic rings. The molecule has 1 N–H and O–H groups in total. The lowest BCUT2D eigenvalue weighted by Gasteiger charge is -2.36. The first kappa shape index (κ1) is 22.6. The van der Waals surface area contributed by atoms with Crippen LogP contribution in [0.3, 0.4) is 0 Å². The summed E-state index contributed by atoms with van der Waals surface area (Å²) in [6.45, 7) is 1.16. The predicted molar refractivity (Wildman–Crippen MR) is 133 cm³/mol. The number of aliphatic hydroxyl groups excluding tert-OH is 1. The predicted octanol–water partition coefficient (Wildman–Crippen LogP) is 4.47. The molecule has 0 saturated carbocycles. The maximum absolute atomic E-state index is 14.3. The maximum atomic E-state index is 14.3. The molecular formula is C27H25F2N5O2. The van der Waals surface area contributed by atoms with Crippen LogP contribution in [0.25, 0.3) is 21.9 Å². The van der Waals surface area contributed by atoms with Crippen molar-refractivity contribution in [2.24, 2.45) is 7.05 Å². The normalized spacial score (nSPS) is 15.9.